The molecule has 33 heavy (non-hydrogen) atoms. The average Bonchev–Trinajstić information content (AvgIpc) is 3.26. The highest BCUT2D eigenvalue weighted by Gasteiger charge is 2.40. The molecule has 180 valence electrons. The first-order chi connectivity index (χ1) is 15.6. The van der Waals surface area contributed by atoms with Gasteiger partial charge in [-0.25, -0.2) is 9.52 Å². The molecule has 1 aliphatic heterocycles. The van der Waals surface area contributed by atoms with Gasteiger partial charge >= 0.3 is 16.2 Å². The summed E-state index contributed by atoms with van der Waals surface area (Å²) in [5, 5.41) is 2.54. The molecule has 14 heteroatoms. The summed E-state index contributed by atoms with van der Waals surface area (Å²) in [5.41, 5.74) is 1.02. The fourth-order valence-electron chi connectivity index (χ4n) is 3.22. The van der Waals surface area contributed by atoms with Gasteiger partial charge in [0.15, 0.2) is 5.79 Å². The summed E-state index contributed by atoms with van der Waals surface area (Å²) < 4.78 is 51.3. The van der Waals surface area contributed by atoms with Crippen molar-refractivity contribution in [2.24, 2.45) is 0 Å². The molecule has 1 aromatic carbocycles. The second-order valence-electron chi connectivity index (χ2n) is 6.84. The van der Waals surface area contributed by atoms with Crippen molar-refractivity contribution >= 4 is 39.5 Å². The van der Waals surface area contributed by atoms with Crippen molar-refractivity contribution < 1.29 is 32.2 Å². The van der Waals surface area contributed by atoms with Gasteiger partial charge in [0.2, 0.25) is 17.7 Å². The maximum atomic E-state index is 12.8. The van der Waals surface area contributed by atoms with Gasteiger partial charge in [-0.15, -0.1) is 0 Å². The monoisotopic (exact) mass is 501 g/mol. The van der Waals surface area contributed by atoms with E-state index in [0.29, 0.717) is 35.8 Å². The van der Waals surface area contributed by atoms with Crippen LogP contribution in [0.5, 0.6) is 11.8 Å². The van der Waals surface area contributed by atoms with Gasteiger partial charge in [-0.05, 0) is 18.6 Å². The van der Waals surface area contributed by atoms with Crippen LogP contribution in [0.4, 0.5) is 16.4 Å². The molecule has 1 fully saturated rings. The lowest BCUT2D eigenvalue weighted by Gasteiger charge is -2.29. The van der Waals surface area contributed by atoms with Gasteiger partial charge in [-0.3, -0.25) is 10.0 Å². The third kappa shape index (κ3) is 5.55. The van der Waals surface area contributed by atoms with Crippen molar-refractivity contribution in [2.75, 3.05) is 37.5 Å². The maximum Gasteiger partial charge on any atom is 0.336 e. The van der Waals surface area contributed by atoms with Crippen molar-refractivity contribution in [3.05, 3.63) is 34.3 Å². The number of benzene rings is 1. The van der Waals surface area contributed by atoms with Crippen molar-refractivity contribution in [3.63, 3.8) is 0 Å². The number of anilines is 2. The summed E-state index contributed by atoms with van der Waals surface area (Å²) >= 11 is 6.22. The maximum absolute atomic E-state index is 12.8. The molecule has 1 aromatic heterocycles. The Hall–Kier alpha value is -2.87. The molecule has 2 amide bonds. The summed E-state index contributed by atoms with van der Waals surface area (Å²) in [7, 11) is -1.68. The van der Waals surface area contributed by atoms with E-state index in [0.717, 1.165) is 0 Å². The van der Waals surface area contributed by atoms with E-state index in [4.69, 9.17) is 30.5 Å². The molecule has 1 aliphatic rings. The number of nitrogens with zero attached hydrogens (tertiary/aromatic N) is 2. The number of urea groups is 1. The zero-order valence-electron chi connectivity index (χ0n) is 18.4. The quantitative estimate of drug-likeness (QED) is 0.495. The molecular formula is C19H24ClN5O7S. The zero-order valence-corrected chi connectivity index (χ0v) is 20.0. The predicted molar refractivity (Wildman–Crippen MR) is 120 cm³/mol. The van der Waals surface area contributed by atoms with E-state index in [-0.39, 0.29) is 23.4 Å². The number of amides is 2. The number of ether oxygens (including phenoxy) is 4. The molecule has 3 rings (SSSR count). The van der Waals surface area contributed by atoms with Crippen molar-refractivity contribution in [3.8, 4) is 11.8 Å². The molecular weight excluding hydrogens is 478 g/mol. The van der Waals surface area contributed by atoms with Crippen LogP contribution in [0.25, 0.3) is 0 Å². The summed E-state index contributed by atoms with van der Waals surface area (Å²) in [6, 6.07) is 3.53. The van der Waals surface area contributed by atoms with E-state index in [1.165, 1.54) is 20.3 Å². The number of hydrogen-bond donors (Lipinski definition) is 3. The van der Waals surface area contributed by atoms with Crippen LogP contribution in [0.15, 0.2) is 18.2 Å². The Morgan fingerprint density at radius 1 is 1.18 bits per heavy atom. The van der Waals surface area contributed by atoms with Crippen molar-refractivity contribution in [1.29, 1.82) is 0 Å². The number of rotatable bonds is 8. The lowest BCUT2D eigenvalue weighted by atomic mass is 9.98. The van der Waals surface area contributed by atoms with Gasteiger partial charge in [0, 0.05) is 17.0 Å². The minimum Gasteiger partial charge on any atom is -0.481 e. The van der Waals surface area contributed by atoms with Gasteiger partial charge in [0.1, 0.15) is 0 Å². The second kappa shape index (κ2) is 9.95. The van der Waals surface area contributed by atoms with Crippen LogP contribution in [0.3, 0.4) is 0 Å². The summed E-state index contributed by atoms with van der Waals surface area (Å²) in [6.07, 6.45) is 0.422. The highest BCUT2D eigenvalue weighted by molar-refractivity contribution is 7.91. The van der Waals surface area contributed by atoms with E-state index >= 15 is 0 Å². The largest absolute Gasteiger partial charge is 0.481 e. The molecule has 0 unspecified atom stereocenters. The third-order valence-electron chi connectivity index (χ3n) is 4.81. The van der Waals surface area contributed by atoms with Crippen LogP contribution in [0, 0.1) is 6.92 Å². The van der Waals surface area contributed by atoms with Crippen molar-refractivity contribution in [1.82, 2.24) is 14.7 Å². The molecule has 0 atom stereocenters. The minimum absolute atomic E-state index is 0.110. The Morgan fingerprint density at radius 2 is 1.79 bits per heavy atom. The first kappa shape index (κ1) is 24.8. The Bertz CT molecular complexity index is 1120. The first-order valence-corrected chi connectivity index (χ1v) is 11.6. The van der Waals surface area contributed by atoms with E-state index in [2.05, 4.69) is 20.0 Å². The first-order valence-electron chi connectivity index (χ1n) is 9.79. The Morgan fingerprint density at radius 3 is 2.33 bits per heavy atom. The number of hydrogen-bond acceptors (Lipinski definition) is 9. The Kier molecular flexibility index (Phi) is 7.47. The molecule has 0 saturated carbocycles. The number of nitrogens with one attached hydrogen (secondary N) is 3. The third-order valence-corrected chi connectivity index (χ3v) is 6.15. The van der Waals surface area contributed by atoms with Crippen molar-refractivity contribution in [2.45, 2.75) is 26.1 Å². The molecule has 3 N–H and O–H groups in total. The van der Waals surface area contributed by atoms with Crippen LogP contribution in [0.1, 0.15) is 24.5 Å². The van der Waals surface area contributed by atoms with Gasteiger partial charge in [0.05, 0.1) is 39.2 Å². The topological polar surface area (TPSA) is 150 Å². The Balaban J connectivity index is 1.84. The molecule has 0 radical (unpaired) electrons. The van der Waals surface area contributed by atoms with E-state index < -0.39 is 22.0 Å². The zero-order chi connectivity index (χ0) is 24.2. The normalized spacial score (nSPS) is 15.1. The van der Waals surface area contributed by atoms with E-state index in [9.17, 15) is 13.2 Å². The highest BCUT2D eigenvalue weighted by atomic mass is 35.5. The SMILES string of the molecule is CCC1(c2ccc(Cl)c(C)c2NS(=O)(=O)NC(=O)Nc2nc(OC)cc(OC)n2)OCCO1. The van der Waals surface area contributed by atoms with Crippen LogP contribution >= 0.6 is 11.6 Å². The standard InChI is InChI=1S/C19H24ClN5O7S/c1-5-19(31-8-9-32-19)12-6-7-13(20)11(2)16(12)24-33(27,28)25-18(26)23-17-21-14(29-3)10-15(22-17)30-4/h6-7,10,24H,5,8-9H2,1-4H3,(H2,21,22,23,25,26). The predicted octanol–water partition coefficient (Wildman–Crippen LogP) is 2.54. The number of halogens is 1. The minimum atomic E-state index is -4.41. The molecule has 2 aromatic rings. The smallest absolute Gasteiger partial charge is 0.336 e. The summed E-state index contributed by atoms with van der Waals surface area (Å²) in [6.45, 7) is 4.19. The van der Waals surface area contributed by atoms with E-state index in [1.807, 2.05) is 11.6 Å². The van der Waals surface area contributed by atoms with Gasteiger partial charge in [-0.1, -0.05) is 24.6 Å². The lowest BCUT2D eigenvalue weighted by molar-refractivity contribution is -0.167. The molecule has 0 bridgehead atoms. The van der Waals surface area contributed by atoms with Crippen LogP contribution in [0.2, 0.25) is 5.02 Å². The van der Waals surface area contributed by atoms with Gasteiger partial charge in [0.25, 0.3) is 0 Å². The van der Waals surface area contributed by atoms with Crippen LogP contribution < -0.4 is 24.2 Å². The summed E-state index contributed by atoms with van der Waals surface area (Å²) in [4.78, 5) is 20.2. The van der Waals surface area contributed by atoms with Gasteiger partial charge < -0.3 is 18.9 Å². The van der Waals surface area contributed by atoms with E-state index in [1.54, 1.807) is 19.1 Å². The Labute approximate surface area is 196 Å². The summed E-state index contributed by atoms with van der Waals surface area (Å²) in [5.74, 6) is -1.14. The highest BCUT2D eigenvalue weighted by Crippen LogP contribution is 2.42. The molecule has 1 saturated heterocycles. The van der Waals surface area contributed by atoms with Crippen LogP contribution in [-0.2, 0) is 25.5 Å². The number of aromatic nitrogens is 2. The van der Waals surface area contributed by atoms with Gasteiger partial charge in [-0.2, -0.15) is 18.4 Å². The average molecular weight is 502 g/mol. The van der Waals surface area contributed by atoms with Crippen LogP contribution in [-0.4, -0.2) is 51.9 Å². The number of carbonyl (C=O) groups is 1. The fraction of sp³-hybridized carbons (Fsp3) is 0.421. The lowest BCUT2D eigenvalue weighted by Crippen LogP contribution is -2.39. The molecule has 0 spiro atoms. The number of carbonyl (C=O) groups excluding carboxylic acids is 1. The molecule has 0 aliphatic carbocycles. The fourth-order valence-corrected chi connectivity index (χ4v) is 4.25. The number of methoxy groups -OCH3 is 2. The molecule has 12 nitrogen and oxygen atoms in total. The molecule has 2 heterocycles. The second-order valence-corrected chi connectivity index (χ2v) is 8.66.